The van der Waals surface area contributed by atoms with Crippen LogP contribution in [0.15, 0.2) is 22.8 Å². The van der Waals surface area contributed by atoms with Crippen LogP contribution >= 0.6 is 15.9 Å². The fourth-order valence-electron chi connectivity index (χ4n) is 1.48. The number of rotatable bonds is 1. The molecule has 0 radical (unpaired) electrons. The van der Waals surface area contributed by atoms with Gasteiger partial charge in [-0.1, -0.05) is 15.9 Å². The Balaban J connectivity index is 2.78. The Bertz CT molecular complexity index is 476. The highest BCUT2D eigenvalue weighted by atomic mass is 79.9. The van der Waals surface area contributed by atoms with Gasteiger partial charge in [0, 0.05) is 10.5 Å². The second-order valence-corrected chi connectivity index (χ2v) is 4.42. The summed E-state index contributed by atoms with van der Waals surface area (Å²) >= 11 is 3.27. The van der Waals surface area contributed by atoms with Crippen LogP contribution in [0.2, 0.25) is 0 Å². The molecule has 74 valence electrons. The third-order valence-electron chi connectivity index (χ3n) is 2.12. The molecule has 0 saturated heterocycles. The first-order valence-corrected chi connectivity index (χ1v) is 5.21. The Hall–Kier alpha value is -0.900. The van der Waals surface area contributed by atoms with Crippen LogP contribution in [0, 0.1) is 5.82 Å². The smallest absolute Gasteiger partial charge is 0.135 e. The standard InChI is InChI=1S/C10H10BrFN2/c1-6(2)14-10-4-7(11)3-9(12)8(10)5-13-14/h3-6H,1-2H3. The highest BCUT2D eigenvalue weighted by Gasteiger charge is 2.10. The zero-order chi connectivity index (χ0) is 10.3. The van der Waals surface area contributed by atoms with Crippen molar-refractivity contribution in [3.05, 3.63) is 28.6 Å². The molecule has 2 nitrogen and oxygen atoms in total. The van der Waals surface area contributed by atoms with Crippen LogP contribution < -0.4 is 0 Å². The van der Waals surface area contributed by atoms with Gasteiger partial charge in [-0.3, -0.25) is 4.68 Å². The second-order valence-electron chi connectivity index (χ2n) is 3.50. The monoisotopic (exact) mass is 256 g/mol. The summed E-state index contributed by atoms with van der Waals surface area (Å²) in [6.45, 7) is 4.04. The number of aromatic nitrogens is 2. The number of fused-ring (bicyclic) bond motifs is 1. The minimum absolute atomic E-state index is 0.235. The quantitative estimate of drug-likeness (QED) is 0.764. The van der Waals surface area contributed by atoms with Gasteiger partial charge in [-0.05, 0) is 26.0 Å². The molecule has 0 atom stereocenters. The average molecular weight is 257 g/mol. The fourth-order valence-corrected chi connectivity index (χ4v) is 1.90. The molecule has 0 N–H and O–H groups in total. The van der Waals surface area contributed by atoms with Crippen molar-refractivity contribution in [1.29, 1.82) is 0 Å². The number of halogens is 2. The molecule has 0 aliphatic rings. The maximum absolute atomic E-state index is 13.4. The minimum Gasteiger partial charge on any atom is -0.262 e. The van der Waals surface area contributed by atoms with Crippen molar-refractivity contribution >= 4 is 26.8 Å². The van der Waals surface area contributed by atoms with E-state index in [1.54, 1.807) is 6.20 Å². The summed E-state index contributed by atoms with van der Waals surface area (Å²) in [5.41, 5.74) is 0.826. The molecule has 14 heavy (non-hydrogen) atoms. The number of nitrogens with zero attached hydrogens (tertiary/aromatic N) is 2. The van der Waals surface area contributed by atoms with E-state index in [1.807, 2.05) is 24.6 Å². The van der Waals surface area contributed by atoms with Crippen molar-refractivity contribution < 1.29 is 4.39 Å². The number of hydrogen-bond donors (Lipinski definition) is 0. The molecule has 2 aromatic rings. The lowest BCUT2D eigenvalue weighted by Crippen LogP contribution is -2.01. The highest BCUT2D eigenvalue weighted by Crippen LogP contribution is 2.24. The normalized spacial score (nSPS) is 11.5. The van der Waals surface area contributed by atoms with Crippen molar-refractivity contribution in [3.8, 4) is 0 Å². The highest BCUT2D eigenvalue weighted by molar-refractivity contribution is 9.10. The lowest BCUT2D eigenvalue weighted by Gasteiger charge is -2.07. The predicted molar refractivity (Wildman–Crippen MR) is 57.8 cm³/mol. The summed E-state index contributed by atoms with van der Waals surface area (Å²) in [6, 6.07) is 3.57. The number of benzene rings is 1. The van der Waals surface area contributed by atoms with Crippen molar-refractivity contribution in [3.63, 3.8) is 0 Å². The first-order valence-electron chi connectivity index (χ1n) is 4.42. The molecule has 1 aromatic heterocycles. The fraction of sp³-hybridized carbons (Fsp3) is 0.300. The minimum atomic E-state index is -0.235. The van der Waals surface area contributed by atoms with E-state index in [0.717, 1.165) is 9.99 Å². The van der Waals surface area contributed by atoms with Crippen LogP contribution in [-0.4, -0.2) is 9.78 Å². The van der Waals surface area contributed by atoms with E-state index < -0.39 is 0 Å². The summed E-state index contributed by atoms with van der Waals surface area (Å²) in [5.74, 6) is -0.235. The first-order chi connectivity index (χ1) is 6.59. The molecule has 4 heteroatoms. The van der Waals surface area contributed by atoms with Gasteiger partial charge in [-0.2, -0.15) is 5.10 Å². The maximum atomic E-state index is 13.4. The summed E-state index contributed by atoms with van der Waals surface area (Å²) < 4.78 is 16.0. The molecule has 0 spiro atoms. The van der Waals surface area contributed by atoms with Crippen molar-refractivity contribution in [2.24, 2.45) is 0 Å². The largest absolute Gasteiger partial charge is 0.262 e. The van der Waals surface area contributed by atoms with E-state index in [1.165, 1.54) is 6.07 Å². The van der Waals surface area contributed by atoms with E-state index in [9.17, 15) is 4.39 Å². The molecule has 0 saturated carbocycles. The molecule has 0 amide bonds. The van der Waals surface area contributed by atoms with E-state index in [2.05, 4.69) is 21.0 Å². The van der Waals surface area contributed by atoms with Gasteiger partial charge in [-0.25, -0.2) is 4.39 Å². The molecular formula is C10H10BrFN2. The van der Waals surface area contributed by atoms with E-state index >= 15 is 0 Å². The lowest BCUT2D eigenvalue weighted by atomic mass is 10.2. The zero-order valence-electron chi connectivity index (χ0n) is 7.96. The first kappa shape index (κ1) is 9.65. The van der Waals surface area contributed by atoms with E-state index in [0.29, 0.717) is 5.39 Å². The van der Waals surface area contributed by atoms with Crippen molar-refractivity contribution in [1.82, 2.24) is 9.78 Å². The Morgan fingerprint density at radius 2 is 2.14 bits per heavy atom. The molecule has 0 unspecified atom stereocenters. The topological polar surface area (TPSA) is 17.8 Å². The summed E-state index contributed by atoms with van der Waals surface area (Å²) in [7, 11) is 0. The van der Waals surface area contributed by atoms with Crippen LogP contribution in [0.5, 0.6) is 0 Å². The maximum Gasteiger partial charge on any atom is 0.135 e. The Kier molecular flexibility index (Phi) is 2.31. The van der Waals surface area contributed by atoms with Crippen LogP contribution in [-0.2, 0) is 0 Å². The van der Waals surface area contributed by atoms with E-state index in [4.69, 9.17) is 0 Å². The van der Waals surface area contributed by atoms with Crippen LogP contribution in [0.4, 0.5) is 4.39 Å². The molecule has 1 heterocycles. The predicted octanol–water partition coefficient (Wildman–Crippen LogP) is 3.52. The summed E-state index contributed by atoms with van der Waals surface area (Å²) in [6.07, 6.45) is 1.57. The van der Waals surface area contributed by atoms with Gasteiger partial charge < -0.3 is 0 Å². The Morgan fingerprint density at radius 3 is 2.79 bits per heavy atom. The van der Waals surface area contributed by atoms with Gasteiger partial charge in [0.05, 0.1) is 17.1 Å². The molecule has 0 aliphatic carbocycles. The van der Waals surface area contributed by atoms with Crippen LogP contribution in [0.1, 0.15) is 19.9 Å². The van der Waals surface area contributed by atoms with Gasteiger partial charge in [0.15, 0.2) is 0 Å². The van der Waals surface area contributed by atoms with Gasteiger partial charge >= 0.3 is 0 Å². The zero-order valence-corrected chi connectivity index (χ0v) is 9.55. The van der Waals surface area contributed by atoms with Crippen LogP contribution in [0.25, 0.3) is 10.9 Å². The van der Waals surface area contributed by atoms with Gasteiger partial charge in [0.2, 0.25) is 0 Å². The van der Waals surface area contributed by atoms with Gasteiger partial charge in [0.25, 0.3) is 0 Å². The molecule has 2 rings (SSSR count). The average Bonchev–Trinajstić information content (AvgIpc) is 2.47. The van der Waals surface area contributed by atoms with Crippen LogP contribution in [0.3, 0.4) is 0 Å². The van der Waals surface area contributed by atoms with Gasteiger partial charge in [-0.15, -0.1) is 0 Å². The molecule has 1 aromatic carbocycles. The summed E-state index contributed by atoms with van der Waals surface area (Å²) in [5, 5.41) is 4.72. The van der Waals surface area contributed by atoms with E-state index in [-0.39, 0.29) is 11.9 Å². The molecule has 0 aliphatic heterocycles. The third-order valence-corrected chi connectivity index (χ3v) is 2.58. The molecular weight excluding hydrogens is 247 g/mol. The Labute approximate surface area is 89.8 Å². The SMILES string of the molecule is CC(C)n1ncc2c(F)cc(Br)cc21. The number of hydrogen-bond acceptors (Lipinski definition) is 1. The molecule has 0 bridgehead atoms. The third kappa shape index (κ3) is 1.43. The van der Waals surface area contributed by atoms with Crippen molar-refractivity contribution in [2.75, 3.05) is 0 Å². The second kappa shape index (κ2) is 3.35. The van der Waals surface area contributed by atoms with Gasteiger partial charge in [0.1, 0.15) is 5.82 Å². The molecule has 0 fully saturated rings. The Morgan fingerprint density at radius 1 is 1.43 bits per heavy atom. The van der Waals surface area contributed by atoms with Crippen molar-refractivity contribution in [2.45, 2.75) is 19.9 Å². The lowest BCUT2D eigenvalue weighted by molar-refractivity contribution is 0.550. The summed E-state index contributed by atoms with van der Waals surface area (Å²) in [4.78, 5) is 0.